The van der Waals surface area contributed by atoms with Crippen LogP contribution in [0.2, 0.25) is 0 Å². The lowest BCUT2D eigenvalue weighted by molar-refractivity contribution is -0.148. The molecule has 0 heterocycles. The minimum Gasteiger partial charge on any atom is -0.468 e. The SMILES string of the molecule is CCCC(C)(NCC(=O)NC(C)c1ccc(C)c(C)c1)C(=O)OC. The number of benzene rings is 1. The van der Waals surface area contributed by atoms with Gasteiger partial charge in [-0.05, 0) is 50.8 Å². The Morgan fingerprint density at radius 2 is 1.92 bits per heavy atom. The normalized spacial score (nSPS) is 14.6. The molecule has 2 N–H and O–H groups in total. The molecule has 0 spiro atoms. The largest absolute Gasteiger partial charge is 0.468 e. The van der Waals surface area contributed by atoms with Gasteiger partial charge >= 0.3 is 5.97 Å². The van der Waals surface area contributed by atoms with Crippen LogP contribution in [-0.2, 0) is 14.3 Å². The van der Waals surface area contributed by atoms with Crippen molar-refractivity contribution in [3.05, 3.63) is 34.9 Å². The first-order valence-electron chi connectivity index (χ1n) is 8.43. The third-order valence-corrected chi connectivity index (χ3v) is 4.43. The molecule has 0 bridgehead atoms. The first kappa shape index (κ1) is 20.2. The minimum absolute atomic E-state index is 0.0702. The number of nitrogens with one attached hydrogen (secondary N) is 2. The second-order valence-corrected chi connectivity index (χ2v) is 6.56. The Kier molecular flexibility index (Phi) is 7.42. The number of methoxy groups -OCH3 is 1. The predicted molar refractivity (Wildman–Crippen MR) is 95.8 cm³/mol. The van der Waals surface area contributed by atoms with E-state index in [1.165, 1.54) is 18.2 Å². The van der Waals surface area contributed by atoms with E-state index in [1.807, 2.05) is 19.9 Å². The highest BCUT2D eigenvalue weighted by Crippen LogP contribution is 2.17. The molecule has 0 fully saturated rings. The number of carbonyl (C=O) groups is 2. The van der Waals surface area contributed by atoms with E-state index in [9.17, 15) is 9.59 Å². The van der Waals surface area contributed by atoms with E-state index in [1.54, 1.807) is 6.92 Å². The molecule has 0 saturated heterocycles. The Balaban J connectivity index is 2.64. The molecular formula is C19H30N2O3. The van der Waals surface area contributed by atoms with Gasteiger partial charge in [-0.3, -0.25) is 14.9 Å². The highest BCUT2D eigenvalue weighted by molar-refractivity contribution is 5.83. The summed E-state index contributed by atoms with van der Waals surface area (Å²) < 4.78 is 4.84. The number of hydrogen-bond acceptors (Lipinski definition) is 4. The van der Waals surface area contributed by atoms with E-state index >= 15 is 0 Å². The molecule has 0 aliphatic rings. The second kappa shape index (κ2) is 8.83. The molecule has 1 aromatic carbocycles. The van der Waals surface area contributed by atoms with Gasteiger partial charge in [-0.15, -0.1) is 0 Å². The van der Waals surface area contributed by atoms with Crippen molar-refractivity contribution in [2.45, 2.75) is 59.0 Å². The smallest absolute Gasteiger partial charge is 0.325 e. The van der Waals surface area contributed by atoms with Crippen molar-refractivity contribution >= 4 is 11.9 Å². The Hall–Kier alpha value is -1.88. The number of amides is 1. The lowest BCUT2D eigenvalue weighted by atomic mass is 9.96. The third-order valence-electron chi connectivity index (χ3n) is 4.43. The zero-order valence-corrected chi connectivity index (χ0v) is 15.7. The molecule has 0 saturated carbocycles. The molecule has 0 aliphatic carbocycles. The van der Waals surface area contributed by atoms with Crippen LogP contribution in [0.25, 0.3) is 0 Å². The van der Waals surface area contributed by atoms with Crippen molar-refractivity contribution in [1.82, 2.24) is 10.6 Å². The summed E-state index contributed by atoms with van der Waals surface area (Å²) in [5.41, 5.74) is 2.65. The van der Waals surface area contributed by atoms with Crippen molar-refractivity contribution in [3.8, 4) is 0 Å². The monoisotopic (exact) mass is 334 g/mol. The van der Waals surface area contributed by atoms with Crippen LogP contribution in [-0.4, -0.2) is 31.1 Å². The third kappa shape index (κ3) is 5.34. The summed E-state index contributed by atoms with van der Waals surface area (Å²) in [6, 6.07) is 6.08. The zero-order valence-electron chi connectivity index (χ0n) is 15.7. The summed E-state index contributed by atoms with van der Waals surface area (Å²) in [6.07, 6.45) is 1.43. The first-order valence-corrected chi connectivity index (χ1v) is 8.43. The zero-order chi connectivity index (χ0) is 18.3. The number of esters is 1. The molecule has 5 nitrogen and oxygen atoms in total. The number of aryl methyl sites for hydroxylation is 2. The molecule has 2 atom stereocenters. The topological polar surface area (TPSA) is 67.4 Å². The van der Waals surface area contributed by atoms with E-state index in [4.69, 9.17) is 4.74 Å². The van der Waals surface area contributed by atoms with Crippen molar-refractivity contribution in [3.63, 3.8) is 0 Å². The lowest BCUT2D eigenvalue weighted by Gasteiger charge is -2.27. The van der Waals surface area contributed by atoms with Crippen molar-refractivity contribution in [1.29, 1.82) is 0 Å². The minimum atomic E-state index is -0.843. The van der Waals surface area contributed by atoms with Crippen LogP contribution in [0.15, 0.2) is 18.2 Å². The van der Waals surface area contributed by atoms with Gasteiger partial charge in [0, 0.05) is 0 Å². The quantitative estimate of drug-likeness (QED) is 0.718. The predicted octanol–water partition coefficient (Wildman–Crippen LogP) is 2.80. The number of ether oxygens (including phenoxy) is 1. The summed E-state index contributed by atoms with van der Waals surface area (Å²) in [5.74, 6) is -0.494. The van der Waals surface area contributed by atoms with Gasteiger partial charge in [0.1, 0.15) is 5.54 Å². The van der Waals surface area contributed by atoms with E-state index in [-0.39, 0.29) is 24.5 Å². The molecule has 24 heavy (non-hydrogen) atoms. The van der Waals surface area contributed by atoms with Crippen LogP contribution in [0.1, 0.15) is 56.3 Å². The molecule has 5 heteroatoms. The van der Waals surface area contributed by atoms with Crippen LogP contribution < -0.4 is 10.6 Å². The first-order chi connectivity index (χ1) is 11.2. The molecule has 1 amide bonds. The van der Waals surface area contributed by atoms with E-state index in [0.29, 0.717) is 6.42 Å². The van der Waals surface area contributed by atoms with Gasteiger partial charge in [-0.1, -0.05) is 31.5 Å². The molecule has 1 rings (SSSR count). The second-order valence-electron chi connectivity index (χ2n) is 6.56. The fourth-order valence-corrected chi connectivity index (χ4v) is 2.67. The Labute approximate surface area is 145 Å². The summed E-state index contributed by atoms with van der Waals surface area (Å²) in [4.78, 5) is 24.1. The standard InChI is InChI=1S/C19H30N2O3/c1-7-10-19(5,18(23)24-6)20-12-17(22)21-15(4)16-9-8-13(2)14(3)11-16/h8-9,11,15,20H,7,10,12H2,1-6H3,(H,21,22). The van der Waals surface area contributed by atoms with Gasteiger partial charge in [-0.25, -0.2) is 0 Å². The highest BCUT2D eigenvalue weighted by Gasteiger charge is 2.33. The van der Waals surface area contributed by atoms with Crippen LogP contribution in [0.4, 0.5) is 0 Å². The van der Waals surface area contributed by atoms with Crippen LogP contribution in [0.3, 0.4) is 0 Å². The average Bonchev–Trinajstić information content (AvgIpc) is 2.54. The van der Waals surface area contributed by atoms with E-state index < -0.39 is 5.54 Å². The average molecular weight is 334 g/mol. The fourth-order valence-electron chi connectivity index (χ4n) is 2.67. The lowest BCUT2D eigenvalue weighted by Crippen LogP contribution is -2.53. The molecule has 1 aromatic rings. The maximum atomic E-state index is 12.2. The van der Waals surface area contributed by atoms with E-state index in [0.717, 1.165) is 12.0 Å². The van der Waals surface area contributed by atoms with Gasteiger partial charge in [0.15, 0.2) is 0 Å². The van der Waals surface area contributed by atoms with Gasteiger partial charge in [-0.2, -0.15) is 0 Å². The fraction of sp³-hybridized carbons (Fsp3) is 0.579. The number of hydrogen-bond donors (Lipinski definition) is 2. The van der Waals surface area contributed by atoms with Crippen molar-refractivity contribution in [2.75, 3.05) is 13.7 Å². The van der Waals surface area contributed by atoms with Crippen LogP contribution >= 0.6 is 0 Å². The molecular weight excluding hydrogens is 304 g/mol. The molecule has 0 aromatic heterocycles. The van der Waals surface area contributed by atoms with Crippen LogP contribution in [0, 0.1) is 13.8 Å². The van der Waals surface area contributed by atoms with Gasteiger partial charge in [0.25, 0.3) is 0 Å². The van der Waals surface area contributed by atoms with Gasteiger partial charge in [0.05, 0.1) is 19.7 Å². The van der Waals surface area contributed by atoms with Gasteiger partial charge < -0.3 is 10.1 Å². The maximum Gasteiger partial charge on any atom is 0.325 e. The maximum absolute atomic E-state index is 12.2. The van der Waals surface area contributed by atoms with Crippen LogP contribution in [0.5, 0.6) is 0 Å². The highest BCUT2D eigenvalue weighted by atomic mass is 16.5. The number of carbonyl (C=O) groups excluding carboxylic acids is 2. The summed E-state index contributed by atoms with van der Waals surface area (Å²) >= 11 is 0. The Bertz CT molecular complexity index is 586. The van der Waals surface area contributed by atoms with Crippen molar-refractivity contribution < 1.29 is 14.3 Å². The summed E-state index contributed by atoms with van der Waals surface area (Å²) in [5, 5.41) is 6.00. The molecule has 0 aliphatic heterocycles. The van der Waals surface area contributed by atoms with Crippen molar-refractivity contribution in [2.24, 2.45) is 0 Å². The molecule has 134 valence electrons. The van der Waals surface area contributed by atoms with Gasteiger partial charge in [0.2, 0.25) is 5.91 Å². The summed E-state index contributed by atoms with van der Waals surface area (Å²) in [7, 11) is 1.36. The summed E-state index contributed by atoms with van der Waals surface area (Å²) in [6.45, 7) is 9.90. The molecule has 0 radical (unpaired) electrons. The Morgan fingerprint density at radius 3 is 2.46 bits per heavy atom. The number of rotatable bonds is 8. The Morgan fingerprint density at radius 1 is 1.25 bits per heavy atom. The molecule has 2 unspecified atom stereocenters. The van der Waals surface area contributed by atoms with E-state index in [2.05, 4.69) is 36.6 Å².